The molecule has 2 nitrogen and oxygen atoms in total. The summed E-state index contributed by atoms with van der Waals surface area (Å²) in [4.78, 5) is 0. The van der Waals surface area contributed by atoms with E-state index in [4.69, 9.17) is 4.74 Å². The molecule has 0 bridgehead atoms. The highest BCUT2D eigenvalue weighted by Gasteiger charge is 2.21. The van der Waals surface area contributed by atoms with Gasteiger partial charge in [-0.25, -0.2) is 0 Å². The SMILES string of the molecule is CC1CCC(CN[C@H](C)c2ccc(Br)cc2)O1. The first-order valence-corrected chi connectivity index (χ1v) is 7.09. The third-order valence-electron chi connectivity index (χ3n) is 3.34. The fourth-order valence-electron chi connectivity index (χ4n) is 2.21. The number of benzene rings is 1. The standard InChI is InChI=1S/C14H20BrNO/c1-10-3-8-14(17-10)9-16-11(2)12-4-6-13(15)7-5-12/h4-7,10-11,14,16H,3,8-9H2,1-2H3/t10?,11-,14?/m1/s1. The summed E-state index contributed by atoms with van der Waals surface area (Å²) in [6, 6.07) is 8.85. The number of rotatable bonds is 4. The molecule has 1 aliphatic rings. The minimum absolute atomic E-state index is 0.377. The van der Waals surface area contributed by atoms with Crippen LogP contribution in [-0.2, 0) is 4.74 Å². The van der Waals surface area contributed by atoms with E-state index in [0.717, 1.165) is 11.0 Å². The van der Waals surface area contributed by atoms with Gasteiger partial charge >= 0.3 is 0 Å². The van der Waals surface area contributed by atoms with E-state index in [1.807, 2.05) is 0 Å². The highest BCUT2D eigenvalue weighted by molar-refractivity contribution is 9.10. The second kappa shape index (κ2) is 5.98. The molecule has 1 aliphatic heterocycles. The first-order valence-electron chi connectivity index (χ1n) is 6.29. The van der Waals surface area contributed by atoms with E-state index in [-0.39, 0.29) is 0 Å². The Morgan fingerprint density at radius 1 is 1.35 bits per heavy atom. The molecule has 1 heterocycles. The molecule has 2 unspecified atom stereocenters. The Bertz CT molecular complexity index is 352. The zero-order valence-electron chi connectivity index (χ0n) is 10.4. The molecule has 17 heavy (non-hydrogen) atoms. The van der Waals surface area contributed by atoms with Gasteiger partial charge in [0, 0.05) is 17.1 Å². The molecule has 0 amide bonds. The Morgan fingerprint density at radius 2 is 2.06 bits per heavy atom. The van der Waals surface area contributed by atoms with Crippen molar-refractivity contribution in [3.8, 4) is 0 Å². The number of halogens is 1. The Balaban J connectivity index is 1.81. The van der Waals surface area contributed by atoms with E-state index in [2.05, 4.69) is 59.4 Å². The maximum absolute atomic E-state index is 5.80. The van der Waals surface area contributed by atoms with Crippen LogP contribution in [-0.4, -0.2) is 18.8 Å². The fourth-order valence-corrected chi connectivity index (χ4v) is 2.48. The van der Waals surface area contributed by atoms with E-state index in [9.17, 15) is 0 Å². The Hall–Kier alpha value is -0.380. The molecule has 3 heteroatoms. The fraction of sp³-hybridized carbons (Fsp3) is 0.571. The highest BCUT2D eigenvalue weighted by atomic mass is 79.9. The third-order valence-corrected chi connectivity index (χ3v) is 3.87. The normalized spacial score (nSPS) is 26.1. The maximum Gasteiger partial charge on any atom is 0.0704 e. The van der Waals surface area contributed by atoms with Gasteiger partial charge in [0.1, 0.15) is 0 Å². The largest absolute Gasteiger partial charge is 0.374 e. The van der Waals surface area contributed by atoms with Crippen molar-refractivity contribution in [3.63, 3.8) is 0 Å². The second-order valence-corrected chi connectivity index (χ2v) is 5.74. The lowest BCUT2D eigenvalue weighted by Crippen LogP contribution is -2.29. The van der Waals surface area contributed by atoms with Gasteiger partial charge in [-0.1, -0.05) is 28.1 Å². The molecule has 1 saturated heterocycles. The van der Waals surface area contributed by atoms with Gasteiger partial charge in [-0.05, 0) is 44.4 Å². The highest BCUT2D eigenvalue weighted by Crippen LogP contribution is 2.20. The van der Waals surface area contributed by atoms with Crippen molar-refractivity contribution in [2.75, 3.05) is 6.54 Å². The van der Waals surface area contributed by atoms with Crippen LogP contribution in [0.25, 0.3) is 0 Å². The van der Waals surface area contributed by atoms with Crippen LogP contribution < -0.4 is 5.32 Å². The zero-order valence-corrected chi connectivity index (χ0v) is 12.0. The Labute approximate surface area is 112 Å². The van der Waals surface area contributed by atoms with Gasteiger partial charge in [-0.3, -0.25) is 0 Å². The summed E-state index contributed by atoms with van der Waals surface area (Å²) in [5.74, 6) is 0. The van der Waals surface area contributed by atoms with Crippen LogP contribution in [0, 0.1) is 0 Å². The third kappa shape index (κ3) is 3.80. The first kappa shape index (κ1) is 13.1. The molecular formula is C14H20BrNO. The quantitative estimate of drug-likeness (QED) is 0.916. The van der Waals surface area contributed by atoms with E-state index in [1.165, 1.54) is 18.4 Å². The monoisotopic (exact) mass is 297 g/mol. The van der Waals surface area contributed by atoms with Crippen LogP contribution >= 0.6 is 15.9 Å². The van der Waals surface area contributed by atoms with E-state index in [1.54, 1.807) is 0 Å². The van der Waals surface area contributed by atoms with Gasteiger partial charge < -0.3 is 10.1 Å². The number of nitrogens with one attached hydrogen (secondary N) is 1. The van der Waals surface area contributed by atoms with Crippen LogP contribution in [0.5, 0.6) is 0 Å². The summed E-state index contributed by atoms with van der Waals surface area (Å²) in [6.45, 7) is 5.29. The van der Waals surface area contributed by atoms with Crippen LogP contribution in [0.4, 0.5) is 0 Å². The Kier molecular flexibility index (Phi) is 4.60. The van der Waals surface area contributed by atoms with Crippen LogP contribution in [0.1, 0.15) is 38.3 Å². The Morgan fingerprint density at radius 3 is 2.65 bits per heavy atom. The summed E-state index contributed by atoms with van der Waals surface area (Å²) in [6.07, 6.45) is 3.20. The molecule has 3 atom stereocenters. The van der Waals surface area contributed by atoms with E-state index >= 15 is 0 Å². The van der Waals surface area contributed by atoms with Gasteiger partial charge in [0.2, 0.25) is 0 Å². The average Bonchev–Trinajstić information content (AvgIpc) is 2.73. The van der Waals surface area contributed by atoms with Crippen LogP contribution in [0.2, 0.25) is 0 Å². The molecule has 1 fully saturated rings. The van der Waals surface area contributed by atoms with Gasteiger partial charge in [0.25, 0.3) is 0 Å². The minimum Gasteiger partial charge on any atom is -0.374 e. The molecule has 0 saturated carbocycles. The van der Waals surface area contributed by atoms with E-state index < -0.39 is 0 Å². The molecule has 0 spiro atoms. The number of ether oxygens (including phenoxy) is 1. The molecule has 0 aromatic heterocycles. The van der Waals surface area contributed by atoms with Crippen LogP contribution in [0.3, 0.4) is 0 Å². The summed E-state index contributed by atoms with van der Waals surface area (Å²) in [7, 11) is 0. The lowest BCUT2D eigenvalue weighted by molar-refractivity contribution is 0.0546. The lowest BCUT2D eigenvalue weighted by atomic mass is 10.1. The summed E-state index contributed by atoms with van der Waals surface area (Å²) < 4.78 is 6.92. The molecule has 94 valence electrons. The summed E-state index contributed by atoms with van der Waals surface area (Å²) >= 11 is 3.45. The molecule has 2 rings (SSSR count). The predicted octanol–water partition coefficient (Wildman–Crippen LogP) is 3.67. The summed E-state index contributed by atoms with van der Waals surface area (Å²) in [5.41, 5.74) is 1.32. The van der Waals surface area contributed by atoms with Crippen molar-refractivity contribution >= 4 is 15.9 Å². The molecule has 1 aromatic rings. The topological polar surface area (TPSA) is 21.3 Å². The van der Waals surface area contributed by atoms with Gasteiger partial charge in [-0.2, -0.15) is 0 Å². The molecule has 1 N–H and O–H groups in total. The van der Waals surface area contributed by atoms with Crippen molar-refractivity contribution in [1.29, 1.82) is 0 Å². The van der Waals surface area contributed by atoms with E-state index in [0.29, 0.717) is 18.2 Å². The minimum atomic E-state index is 0.377. The molecule has 1 aromatic carbocycles. The molecule has 0 aliphatic carbocycles. The van der Waals surface area contributed by atoms with Gasteiger partial charge in [0.15, 0.2) is 0 Å². The predicted molar refractivity (Wildman–Crippen MR) is 74.1 cm³/mol. The van der Waals surface area contributed by atoms with Crippen LogP contribution in [0.15, 0.2) is 28.7 Å². The molecule has 0 radical (unpaired) electrons. The van der Waals surface area contributed by atoms with Gasteiger partial charge in [-0.15, -0.1) is 0 Å². The number of hydrogen-bond donors (Lipinski definition) is 1. The van der Waals surface area contributed by atoms with Gasteiger partial charge in [0.05, 0.1) is 12.2 Å². The smallest absolute Gasteiger partial charge is 0.0704 e. The van der Waals surface area contributed by atoms with Crippen molar-refractivity contribution in [3.05, 3.63) is 34.3 Å². The van der Waals surface area contributed by atoms with Crippen molar-refractivity contribution in [1.82, 2.24) is 5.32 Å². The maximum atomic E-state index is 5.80. The lowest BCUT2D eigenvalue weighted by Gasteiger charge is -2.18. The second-order valence-electron chi connectivity index (χ2n) is 4.83. The van der Waals surface area contributed by atoms with Crippen molar-refractivity contribution in [2.24, 2.45) is 0 Å². The van der Waals surface area contributed by atoms with Crippen molar-refractivity contribution in [2.45, 2.75) is 44.9 Å². The summed E-state index contributed by atoms with van der Waals surface area (Å²) in [5, 5.41) is 3.54. The van der Waals surface area contributed by atoms with Crippen molar-refractivity contribution < 1.29 is 4.74 Å². The number of hydrogen-bond acceptors (Lipinski definition) is 2. The molecular weight excluding hydrogens is 278 g/mol. The first-order chi connectivity index (χ1) is 8.15. The zero-order chi connectivity index (χ0) is 12.3. The average molecular weight is 298 g/mol.